The molecular weight excluding hydrogens is 1240 g/mol. The van der Waals surface area contributed by atoms with Gasteiger partial charge in [0.1, 0.15) is 51.2 Å². The summed E-state index contributed by atoms with van der Waals surface area (Å²) >= 11 is 0. The maximum atomic E-state index is 12.3. The molecule has 6 amide bonds. The topological polar surface area (TPSA) is 382 Å². The number of carbonyl (C=O) groups excluding carboxylic acids is 6. The molecule has 98 heavy (non-hydrogen) atoms. The number of carbonyl (C=O) groups is 6. The van der Waals surface area contributed by atoms with Gasteiger partial charge in [0.15, 0.2) is 0 Å². The number of primary amides is 3. The summed E-state index contributed by atoms with van der Waals surface area (Å²) in [6.45, 7) is 13.3. The minimum atomic E-state index is -0.609. The molecule has 3 saturated heterocycles. The van der Waals surface area contributed by atoms with Crippen LogP contribution in [0, 0.1) is 39.9 Å². The number of nitrogen functional groups attached to an aromatic ring is 3. The monoisotopic (exact) mass is 1330 g/mol. The number of likely N-dealkylation sites (tertiary alicyclic amines) is 3. The third-order valence-electron chi connectivity index (χ3n) is 22.6. The first-order valence-electron chi connectivity index (χ1n) is 34.3. The van der Waals surface area contributed by atoms with Gasteiger partial charge in [0.2, 0.25) is 11.8 Å². The molecule has 3 aliphatic heterocycles. The molecule has 3 aromatic carbocycles. The second kappa shape index (κ2) is 26.0. The summed E-state index contributed by atoms with van der Waals surface area (Å²) in [5.74, 6) is 4.89. The van der Waals surface area contributed by atoms with Crippen LogP contribution in [0.4, 0.5) is 17.5 Å². The highest BCUT2D eigenvalue weighted by molar-refractivity contribution is 6.05. The van der Waals surface area contributed by atoms with Crippen molar-refractivity contribution < 1.29 is 44.1 Å². The molecule has 6 aromatic rings. The van der Waals surface area contributed by atoms with Crippen molar-refractivity contribution in [2.24, 2.45) is 45.3 Å². The van der Waals surface area contributed by atoms with Crippen LogP contribution < -0.4 is 34.4 Å². The van der Waals surface area contributed by atoms with Gasteiger partial charge >= 0.3 is 0 Å². The van der Waals surface area contributed by atoms with E-state index < -0.39 is 29.9 Å². The molecule has 2 atom stereocenters. The zero-order valence-corrected chi connectivity index (χ0v) is 55.6. The number of piperidine rings is 2. The number of rotatable bonds is 17. The van der Waals surface area contributed by atoms with Gasteiger partial charge in [-0.05, 0) is 167 Å². The molecule has 6 saturated carbocycles. The van der Waals surface area contributed by atoms with Crippen LogP contribution >= 0.6 is 0 Å². The van der Waals surface area contributed by atoms with Crippen molar-refractivity contribution in [3.05, 3.63) is 131 Å². The van der Waals surface area contributed by atoms with Gasteiger partial charge in [-0.3, -0.25) is 28.8 Å². The lowest BCUT2D eigenvalue weighted by atomic mass is 9.60. The van der Waals surface area contributed by atoms with E-state index in [9.17, 15) is 44.1 Å². The smallest absolute Gasteiger partial charge is 0.298 e. The number of benzene rings is 3. The van der Waals surface area contributed by atoms with Crippen molar-refractivity contribution in [1.82, 2.24) is 44.0 Å². The molecule has 6 heterocycles. The SMILES string of the molecule is C=CC(=O)N1CC2(CC(n3nc(-c4ccc(C5(CO)CC5)cc4)c(C(N)=O)c3N)C2)C1.C=CC(=O)N1CCCC2(CC(n3nc(-c4ccc(C(O)C5CC5)cc4)c(C(N)=O)c3N)C2)C1.CC#CC(=O)N1CCCC2(CC(n3nc(-c4ccc(C(O)C5CC5)cc4)c(C(N)=O)c3N)C2)C1. The predicted octanol–water partition coefficient (Wildman–Crippen LogP) is 7.05. The summed E-state index contributed by atoms with van der Waals surface area (Å²) in [6, 6.07) is 22.9. The summed E-state index contributed by atoms with van der Waals surface area (Å²) in [4.78, 5) is 78.3. The first-order valence-corrected chi connectivity index (χ1v) is 34.3. The molecule has 24 heteroatoms. The van der Waals surface area contributed by atoms with Gasteiger partial charge < -0.3 is 64.4 Å². The van der Waals surface area contributed by atoms with E-state index in [1.807, 2.05) is 82.6 Å². The van der Waals surface area contributed by atoms with Gasteiger partial charge in [0, 0.05) is 66.8 Å². The minimum Gasteiger partial charge on any atom is -0.395 e. The Balaban J connectivity index is 0.000000132. The van der Waals surface area contributed by atoms with E-state index in [-0.39, 0.29) is 92.4 Å². The van der Waals surface area contributed by atoms with Crippen LogP contribution in [0.15, 0.2) is 98.1 Å². The number of aromatic nitrogens is 6. The van der Waals surface area contributed by atoms with E-state index in [4.69, 9.17) is 44.6 Å². The number of hydrogen-bond donors (Lipinski definition) is 9. The zero-order chi connectivity index (χ0) is 69.3. The normalized spacial score (nSPS) is 20.7. The largest absolute Gasteiger partial charge is 0.395 e. The molecule has 9 aliphatic rings. The van der Waals surface area contributed by atoms with E-state index in [0.29, 0.717) is 41.3 Å². The van der Waals surface area contributed by atoms with Gasteiger partial charge in [0.25, 0.3) is 23.6 Å². The van der Waals surface area contributed by atoms with Crippen LogP contribution in [0.5, 0.6) is 0 Å². The molecule has 3 aromatic heterocycles. The summed E-state index contributed by atoms with van der Waals surface area (Å²) in [7, 11) is 0. The molecule has 9 fully saturated rings. The van der Waals surface area contributed by atoms with Crippen molar-refractivity contribution in [3.8, 4) is 45.6 Å². The van der Waals surface area contributed by atoms with Crippen LogP contribution in [0.3, 0.4) is 0 Å². The quantitative estimate of drug-likeness (QED) is 0.0326. The Morgan fingerprint density at radius 2 is 0.878 bits per heavy atom. The second-order valence-electron chi connectivity index (χ2n) is 29.4. The fraction of sp³-hybridized carbons (Fsp3) is 0.473. The molecule has 24 nitrogen and oxygen atoms in total. The Morgan fingerprint density at radius 1 is 0.531 bits per heavy atom. The highest BCUT2D eigenvalue weighted by Crippen LogP contribution is 2.58. The van der Waals surface area contributed by atoms with Crippen molar-refractivity contribution in [2.75, 3.05) is 63.1 Å². The third-order valence-corrected chi connectivity index (χ3v) is 22.6. The standard InChI is InChI=1S/C26H31N5O3.C25H31N5O3.C23H27N5O3/c1-2-4-20(32)30-12-3-11-26(15-30)13-19(14-26)31-24(27)21(25(28)34)22(29-31)16-5-7-17(8-6-16)23(33)18-9-10-18;1-2-19(31)29-11-3-10-25(14-29)12-18(13-25)30-23(26)20(24(27)33)21(28-30)15-4-6-16(7-5-15)22(32)17-8-9-17;1-2-17(30)27-11-22(12-27)9-16(10-22)28-20(24)18(21(25)31)19(26-28)14-3-5-15(6-4-14)23(13-29)7-8-23/h5-8,18-19,23,33H,3,9-15,27H2,1H3,(H2,28,34);2,4-7,17-18,22,32H,1,3,8-14,26H2,(H2,27,33);2-6,16,29H,1,7-13,24H2,(H2,25,31). The van der Waals surface area contributed by atoms with Crippen molar-refractivity contribution in [1.29, 1.82) is 0 Å². The van der Waals surface area contributed by atoms with Crippen LogP contribution in [-0.2, 0) is 19.8 Å². The van der Waals surface area contributed by atoms with E-state index in [0.717, 1.165) is 169 Å². The number of hydrogen-bond acceptors (Lipinski definition) is 15. The molecule has 3 spiro atoms. The number of aliphatic hydroxyl groups is 3. The minimum absolute atomic E-state index is 0.0234. The highest BCUT2D eigenvalue weighted by Gasteiger charge is 2.55. The predicted molar refractivity (Wildman–Crippen MR) is 369 cm³/mol. The van der Waals surface area contributed by atoms with Gasteiger partial charge in [-0.1, -0.05) is 91.9 Å². The number of amides is 6. The van der Waals surface area contributed by atoms with Crippen molar-refractivity contribution in [2.45, 2.75) is 145 Å². The van der Waals surface area contributed by atoms with E-state index in [2.05, 4.69) is 30.1 Å². The molecule has 6 aliphatic carbocycles. The summed E-state index contributed by atoms with van der Waals surface area (Å²) in [6.07, 6.45) is 17.1. The lowest BCUT2D eigenvalue weighted by Crippen LogP contribution is -2.63. The fourth-order valence-corrected chi connectivity index (χ4v) is 16.6. The van der Waals surface area contributed by atoms with Crippen molar-refractivity contribution in [3.63, 3.8) is 0 Å². The van der Waals surface area contributed by atoms with E-state index in [1.165, 1.54) is 12.2 Å². The lowest BCUT2D eigenvalue weighted by Gasteiger charge is -2.58. The highest BCUT2D eigenvalue weighted by atomic mass is 16.3. The van der Waals surface area contributed by atoms with Gasteiger partial charge in [-0.15, -0.1) is 0 Å². The maximum Gasteiger partial charge on any atom is 0.298 e. The van der Waals surface area contributed by atoms with Crippen LogP contribution in [0.1, 0.15) is 188 Å². The molecule has 2 unspecified atom stereocenters. The molecule has 15 N–H and O–H groups in total. The summed E-state index contributed by atoms with van der Waals surface area (Å²) < 4.78 is 5.20. The second-order valence-corrected chi connectivity index (χ2v) is 29.4. The Kier molecular flexibility index (Phi) is 17.8. The first-order chi connectivity index (χ1) is 46.9. The van der Waals surface area contributed by atoms with Gasteiger partial charge in [0.05, 0.1) is 36.9 Å². The lowest BCUT2D eigenvalue weighted by molar-refractivity contribution is -0.148. The Bertz CT molecular complexity index is 4200. The number of anilines is 3. The zero-order valence-electron chi connectivity index (χ0n) is 55.6. The fourth-order valence-electron chi connectivity index (χ4n) is 16.6. The Hall–Kier alpha value is -9.57. The molecule has 15 rings (SSSR count). The summed E-state index contributed by atoms with van der Waals surface area (Å²) in [5, 5.41) is 44.6. The number of aliphatic hydroxyl groups excluding tert-OH is 3. The van der Waals surface area contributed by atoms with Gasteiger partial charge in [-0.25, -0.2) is 14.0 Å². The molecular formula is C74H89N15O9. The Labute approximate surface area is 569 Å². The maximum absolute atomic E-state index is 12.3. The number of nitrogens with two attached hydrogens (primary N) is 6. The molecule has 0 radical (unpaired) electrons. The van der Waals surface area contributed by atoms with Gasteiger partial charge in [-0.2, -0.15) is 15.3 Å². The van der Waals surface area contributed by atoms with Crippen molar-refractivity contribution >= 4 is 52.9 Å². The first kappa shape index (κ1) is 67.0. The average Bonchev–Trinajstić information content (AvgIpc) is 0.937. The average molecular weight is 1330 g/mol. The third kappa shape index (κ3) is 12.6. The van der Waals surface area contributed by atoms with Crippen LogP contribution in [-0.4, -0.2) is 141 Å². The van der Waals surface area contributed by atoms with E-state index in [1.54, 1.807) is 25.9 Å². The van der Waals surface area contributed by atoms with E-state index >= 15 is 0 Å². The molecule has 514 valence electrons. The molecule has 0 bridgehead atoms. The van der Waals surface area contributed by atoms with Crippen LogP contribution in [0.25, 0.3) is 33.8 Å². The number of nitrogens with zero attached hydrogens (tertiary/aromatic N) is 9. The Morgan fingerprint density at radius 3 is 1.22 bits per heavy atom. The van der Waals surface area contributed by atoms with Crippen LogP contribution in [0.2, 0.25) is 0 Å². The summed E-state index contributed by atoms with van der Waals surface area (Å²) in [5.41, 5.74) is 43.5.